The lowest BCUT2D eigenvalue weighted by Crippen LogP contribution is -2.48. The summed E-state index contributed by atoms with van der Waals surface area (Å²) in [6.07, 6.45) is -3.03. The molecule has 2 nitrogen and oxygen atoms in total. The molecule has 1 aromatic rings. The van der Waals surface area contributed by atoms with Crippen molar-refractivity contribution in [2.45, 2.75) is 45.3 Å². The van der Waals surface area contributed by atoms with Crippen molar-refractivity contribution in [3.63, 3.8) is 0 Å². The summed E-state index contributed by atoms with van der Waals surface area (Å²) >= 11 is 3.15. The zero-order valence-corrected chi connectivity index (χ0v) is 14.3. The molecule has 1 rings (SSSR count). The minimum Gasteiger partial charge on any atom is -0.297 e. The van der Waals surface area contributed by atoms with Gasteiger partial charge in [-0.3, -0.25) is 5.41 Å². The maximum Gasteiger partial charge on any atom is 0.281 e. The topological polar surface area (TPSA) is 36.7 Å². The Kier molecular flexibility index (Phi) is 5.94. The predicted molar refractivity (Wildman–Crippen MR) is 81.6 cm³/mol. The number of nitrogens with one attached hydrogen (secondary N) is 1. The van der Waals surface area contributed by atoms with E-state index in [2.05, 4.69) is 20.9 Å². The van der Waals surface area contributed by atoms with E-state index in [0.717, 1.165) is 18.1 Å². The molecule has 0 radical (unpaired) electrons. The van der Waals surface area contributed by atoms with Gasteiger partial charge in [-0.05, 0) is 27.2 Å². The molecular formula is C13H18BrF3N2Si. The molecule has 20 heavy (non-hydrogen) atoms. The van der Waals surface area contributed by atoms with E-state index < -0.39 is 31.7 Å². The Morgan fingerprint density at radius 1 is 1.30 bits per heavy atom. The van der Waals surface area contributed by atoms with Crippen LogP contribution in [0, 0.1) is 11.2 Å². The van der Waals surface area contributed by atoms with Crippen LogP contribution in [0.4, 0.5) is 13.2 Å². The number of hydrogen-bond acceptors (Lipinski definition) is 2. The average Bonchev–Trinajstić information content (AvgIpc) is 2.43. The second-order valence-corrected chi connectivity index (χ2v) is 10.7. The number of halogens is 4. The fourth-order valence-electron chi connectivity index (χ4n) is 2.49. The highest BCUT2D eigenvalue weighted by atomic mass is 79.9. The molecule has 0 saturated carbocycles. The molecule has 1 heterocycles. The lowest BCUT2D eigenvalue weighted by molar-refractivity contribution is 0.224. The Morgan fingerprint density at radius 2 is 1.80 bits per heavy atom. The fourth-order valence-corrected chi connectivity index (χ4v) is 6.77. The van der Waals surface area contributed by atoms with Gasteiger partial charge in [0.1, 0.15) is 21.8 Å². The maximum absolute atomic E-state index is 14.6. The third-order valence-corrected chi connectivity index (χ3v) is 9.97. The van der Waals surface area contributed by atoms with Gasteiger partial charge in [0.05, 0.1) is 8.07 Å². The SMILES string of the molecule is CC[Si](CC)(CC)c1cc(Br)nc(C(=N)C(F)F)c1F. The number of aromatic nitrogens is 1. The van der Waals surface area contributed by atoms with E-state index >= 15 is 0 Å². The van der Waals surface area contributed by atoms with Crippen LogP contribution in [-0.2, 0) is 0 Å². The first-order chi connectivity index (χ1) is 9.32. The second kappa shape index (κ2) is 6.84. The van der Waals surface area contributed by atoms with Crippen molar-refractivity contribution < 1.29 is 13.2 Å². The standard InChI is InChI=1S/C13H18BrF3N2Si/c1-4-20(5-2,6-3)8-7-9(14)19-12(10(8)15)11(18)13(16)17/h7,13,18H,4-6H2,1-3H3. The van der Waals surface area contributed by atoms with Crippen LogP contribution in [-0.4, -0.2) is 25.2 Å². The van der Waals surface area contributed by atoms with Crippen LogP contribution in [0.3, 0.4) is 0 Å². The van der Waals surface area contributed by atoms with Gasteiger partial charge in [0.25, 0.3) is 6.43 Å². The highest BCUT2D eigenvalue weighted by Gasteiger charge is 2.35. The molecule has 1 N–H and O–H groups in total. The molecule has 7 heteroatoms. The number of alkyl halides is 2. The summed E-state index contributed by atoms with van der Waals surface area (Å²) in [6, 6.07) is 4.08. The fraction of sp³-hybridized carbons (Fsp3) is 0.538. The van der Waals surface area contributed by atoms with Crippen molar-refractivity contribution in [1.82, 2.24) is 4.98 Å². The average molecular weight is 367 g/mol. The molecule has 0 bridgehead atoms. The van der Waals surface area contributed by atoms with Crippen LogP contribution in [0.5, 0.6) is 0 Å². The van der Waals surface area contributed by atoms with Crippen molar-refractivity contribution >= 4 is 34.9 Å². The first kappa shape index (κ1) is 17.4. The Hall–Kier alpha value is -0.693. The van der Waals surface area contributed by atoms with Gasteiger partial charge in [0.15, 0.2) is 0 Å². The van der Waals surface area contributed by atoms with E-state index in [0.29, 0.717) is 9.79 Å². The van der Waals surface area contributed by atoms with Crippen LogP contribution < -0.4 is 5.19 Å². The van der Waals surface area contributed by atoms with E-state index in [-0.39, 0.29) is 0 Å². The Morgan fingerprint density at radius 3 is 2.20 bits per heavy atom. The molecule has 0 fully saturated rings. The summed E-state index contributed by atoms with van der Waals surface area (Å²) in [7, 11) is -2.07. The lowest BCUT2D eigenvalue weighted by Gasteiger charge is -2.29. The number of hydrogen-bond donors (Lipinski definition) is 1. The van der Waals surface area contributed by atoms with Crippen LogP contribution in [0.25, 0.3) is 0 Å². The van der Waals surface area contributed by atoms with E-state index in [1.54, 1.807) is 6.07 Å². The smallest absolute Gasteiger partial charge is 0.281 e. The molecule has 0 aliphatic heterocycles. The first-order valence-electron chi connectivity index (χ1n) is 6.56. The molecule has 112 valence electrons. The molecule has 0 aromatic carbocycles. The van der Waals surface area contributed by atoms with Crippen LogP contribution in [0.1, 0.15) is 26.5 Å². The molecule has 0 spiro atoms. The Labute approximate surface area is 126 Å². The molecule has 0 aliphatic carbocycles. The van der Waals surface area contributed by atoms with Gasteiger partial charge >= 0.3 is 0 Å². The van der Waals surface area contributed by atoms with Crippen molar-refractivity contribution in [1.29, 1.82) is 5.41 Å². The summed E-state index contributed by atoms with van der Waals surface area (Å²) in [5.41, 5.74) is -1.59. The molecule has 0 saturated heterocycles. The quantitative estimate of drug-likeness (QED) is 0.454. The Bertz CT molecular complexity index is 496. The molecule has 1 aromatic heterocycles. The maximum atomic E-state index is 14.6. The molecule has 0 atom stereocenters. The molecule has 0 aliphatic rings. The van der Waals surface area contributed by atoms with E-state index in [9.17, 15) is 13.2 Å². The van der Waals surface area contributed by atoms with Gasteiger partial charge in [0.2, 0.25) is 0 Å². The molecule has 0 unspecified atom stereocenters. The summed E-state index contributed by atoms with van der Waals surface area (Å²) < 4.78 is 40.2. The van der Waals surface area contributed by atoms with Crippen molar-refractivity contribution in [3.05, 3.63) is 22.2 Å². The lowest BCUT2D eigenvalue weighted by atomic mass is 10.2. The number of nitrogens with zero attached hydrogens (tertiary/aromatic N) is 1. The summed E-state index contributed by atoms with van der Waals surface area (Å²) in [4.78, 5) is 3.73. The summed E-state index contributed by atoms with van der Waals surface area (Å²) in [6.45, 7) is 6.02. The van der Waals surface area contributed by atoms with E-state index in [4.69, 9.17) is 5.41 Å². The van der Waals surface area contributed by atoms with Crippen molar-refractivity contribution in [2.24, 2.45) is 0 Å². The minimum atomic E-state index is -3.03. The van der Waals surface area contributed by atoms with Gasteiger partial charge in [0, 0.05) is 0 Å². The first-order valence-corrected chi connectivity index (χ1v) is 9.97. The Balaban J connectivity index is 3.53. The second-order valence-electron chi connectivity index (χ2n) is 4.71. The molecule has 0 amide bonds. The largest absolute Gasteiger partial charge is 0.297 e. The minimum absolute atomic E-state index is 0.307. The van der Waals surface area contributed by atoms with Crippen LogP contribution >= 0.6 is 15.9 Å². The monoisotopic (exact) mass is 366 g/mol. The van der Waals surface area contributed by atoms with Gasteiger partial charge in [-0.2, -0.15) is 0 Å². The summed E-state index contributed by atoms with van der Waals surface area (Å²) in [5, 5.41) is 7.83. The normalized spacial score (nSPS) is 12.0. The van der Waals surface area contributed by atoms with Gasteiger partial charge < -0.3 is 0 Å². The van der Waals surface area contributed by atoms with Crippen molar-refractivity contribution in [2.75, 3.05) is 0 Å². The highest BCUT2D eigenvalue weighted by molar-refractivity contribution is 9.10. The van der Waals surface area contributed by atoms with Gasteiger partial charge in [-0.25, -0.2) is 18.2 Å². The van der Waals surface area contributed by atoms with E-state index in [1.807, 2.05) is 20.8 Å². The highest BCUT2D eigenvalue weighted by Crippen LogP contribution is 2.24. The van der Waals surface area contributed by atoms with Gasteiger partial charge in [-0.1, -0.05) is 38.9 Å². The summed E-state index contributed by atoms with van der Waals surface area (Å²) in [5.74, 6) is -0.740. The van der Waals surface area contributed by atoms with E-state index in [1.165, 1.54) is 0 Å². The zero-order valence-electron chi connectivity index (χ0n) is 11.7. The van der Waals surface area contributed by atoms with Crippen LogP contribution in [0.2, 0.25) is 18.1 Å². The van der Waals surface area contributed by atoms with Gasteiger partial charge in [-0.15, -0.1) is 0 Å². The number of pyridine rings is 1. The third kappa shape index (κ3) is 3.14. The van der Waals surface area contributed by atoms with Crippen molar-refractivity contribution in [3.8, 4) is 0 Å². The third-order valence-electron chi connectivity index (χ3n) is 4.00. The number of rotatable bonds is 6. The zero-order chi connectivity index (χ0) is 15.5. The van der Waals surface area contributed by atoms with Crippen LogP contribution in [0.15, 0.2) is 10.7 Å². The molecular weight excluding hydrogens is 349 g/mol. The predicted octanol–water partition coefficient (Wildman–Crippen LogP) is 4.33.